The predicted octanol–water partition coefficient (Wildman–Crippen LogP) is 3.81. The van der Waals surface area contributed by atoms with Crippen molar-refractivity contribution >= 4 is 5.97 Å². The van der Waals surface area contributed by atoms with Crippen LogP contribution in [0.2, 0.25) is 0 Å². The van der Waals surface area contributed by atoms with Crippen molar-refractivity contribution in [3.63, 3.8) is 0 Å². The predicted molar refractivity (Wildman–Crippen MR) is 94.0 cm³/mol. The van der Waals surface area contributed by atoms with Gasteiger partial charge < -0.3 is 9.63 Å². The van der Waals surface area contributed by atoms with E-state index in [9.17, 15) is 18.0 Å². The van der Waals surface area contributed by atoms with Crippen LogP contribution in [0.4, 0.5) is 13.2 Å². The summed E-state index contributed by atoms with van der Waals surface area (Å²) >= 11 is 0. The maximum Gasteiger partial charge on any atom is 0.435 e. The fourth-order valence-corrected chi connectivity index (χ4v) is 3.47. The minimum absolute atomic E-state index is 0.0575. The molecule has 1 saturated carbocycles. The van der Waals surface area contributed by atoms with E-state index < -0.39 is 23.3 Å². The number of nitrogens with zero attached hydrogens (tertiary/aromatic N) is 4. The summed E-state index contributed by atoms with van der Waals surface area (Å²) in [6.07, 6.45) is -3.45. The van der Waals surface area contributed by atoms with Crippen LogP contribution in [0.5, 0.6) is 0 Å². The minimum Gasteiger partial charge on any atom is -0.481 e. The number of halogens is 3. The second-order valence-corrected chi connectivity index (χ2v) is 7.10. The highest BCUT2D eigenvalue weighted by Gasteiger charge is 2.51. The van der Waals surface area contributed by atoms with Crippen LogP contribution < -0.4 is 0 Å². The lowest BCUT2D eigenvalue weighted by molar-refractivity contribution is -0.141. The zero-order valence-electron chi connectivity index (χ0n) is 15.4. The van der Waals surface area contributed by atoms with Crippen molar-refractivity contribution in [2.45, 2.75) is 44.3 Å². The molecule has 0 amide bonds. The van der Waals surface area contributed by atoms with Crippen molar-refractivity contribution < 1.29 is 27.6 Å². The van der Waals surface area contributed by atoms with E-state index >= 15 is 0 Å². The van der Waals surface area contributed by atoms with Crippen molar-refractivity contribution in [3.8, 4) is 11.6 Å². The number of hydrogen-bond acceptors (Lipinski definition) is 5. The van der Waals surface area contributed by atoms with Gasteiger partial charge in [-0.05, 0) is 30.9 Å². The summed E-state index contributed by atoms with van der Waals surface area (Å²) in [4.78, 5) is 15.2. The summed E-state index contributed by atoms with van der Waals surface area (Å²) in [6.45, 7) is 1.73. The molecule has 0 aliphatic heterocycles. The summed E-state index contributed by atoms with van der Waals surface area (Å²) in [7, 11) is 0. The standard InChI is InChI=1S/C19H17F3N4O3/c1-11-4-2-3-5-12(11)18(7-8-18)17-23-16(29-25-17)13-10-14(19(20,21)22)24-26(13)9-6-15(27)28/h2-5,10H,6-9H2,1H3,(H,27,28). The van der Waals surface area contributed by atoms with Crippen molar-refractivity contribution in [2.75, 3.05) is 0 Å². The Balaban J connectivity index is 1.72. The SMILES string of the molecule is Cc1ccccc1C1(c2noc(-c3cc(C(F)(F)F)nn3CCC(=O)O)n2)CC1. The molecular weight excluding hydrogens is 389 g/mol. The maximum atomic E-state index is 13.1. The quantitative estimate of drug-likeness (QED) is 0.669. The lowest BCUT2D eigenvalue weighted by atomic mass is 9.91. The summed E-state index contributed by atoms with van der Waals surface area (Å²) < 4.78 is 45.5. The van der Waals surface area contributed by atoms with Crippen molar-refractivity contribution in [2.24, 2.45) is 0 Å². The smallest absolute Gasteiger partial charge is 0.435 e. The Kier molecular flexibility index (Phi) is 4.44. The molecule has 3 aromatic rings. The molecule has 29 heavy (non-hydrogen) atoms. The highest BCUT2D eigenvalue weighted by Crippen LogP contribution is 2.53. The molecule has 1 aliphatic rings. The van der Waals surface area contributed by atoms with Gasteiger partial charge in [-0.1, -0.05) is 29.4 Å². The lowest BCUT2D eigenvalue weighted by Crippen LogP contribution is -2.12. The zero-order valence-corrected chi connectivity index (χ0v) is 15.4. The van der Waals surface area contributed by atoms with E-state index in [2.05, 4.69) is 15.2 Å². The van der Waals surface area contributed by atoms with E-state index in [1.807, 2.05) is 31.2 Å². The first kappa shape index (κ1) is 19.2. The number of rotatable bonds is 6. The molecule has 0 radical (unpaired) electrons. The number of alkyl halides is 3. The van der Waals surface area contributed by atoms with E-state index in [4.69, 9.17) is 9.63 Å². The normalized spacial score (nSPS) is 15.4. The van der Waals surface area contributed by atoms with Gasteiger partial charge in [0.1, 0.15) is 5.69 Å². The van der Waals surface area contributed by atoms with Crippen LogP contribution >= 0.6 is 0 Å². The minimum atomic E-state index is -4.68. The highest BCUT2D eigenvalue weighted by molar-refractivity contribution is 5.66. The Morgan fingerprint density at radius 3 is 2.66 bits per heavy atom. The van der Waals surface area contributed by atoms with Crippen LogP contribution in [0, 0.1) is 6.92 Å². The third-order valence-corrected chi connectivity index (χ3v) is 5.09. The number of carboxylic acids is 1. The summed E-state index contributed by atoms with van der Waals surface area (Å²) in [5.41, 5.74) is 0.520. The van der Waals surface area contributed by atoms with E-state index in [0.717, 1.165) is 34.7 Å². The van der Waals surface area contributed by atoms with Gasteiger partial charge in [-0.3, -0.25) is 9.48 Å². The van der Waals surface area contributed by atoms with Crippen molar-refractivity contribution in [1.82, 2.24) is 19.9 Å². The van der Waals surface area contributed by atoms with Crippen LogP contribution in [0.3, 0.4) is 0 Å². The van der Waals surface area contributed by atoms with Gasteiger partial charge in [-0.25, -0.2) is 0 Å². The van der Waals surface area contributed by atoms with Gasteiger partial charge in [-0.2, -0.15) is 23.3 Å². The second-order valence-electron chi connectivity index (χ2n) is 7.10. The molecule has 1 N–H and O–H groups in total. The molecule has 0 unspecified atom stereocenters. The lowest BCUT2D eigenvalue weighted by Gasteiger charge is -2.13. The average Bonchev–Trinajstić information content (AvgIpc) is 3.11. The largest absolute Gasteiger partial charge is 0.481 e. The first-order chi connectivity index (χ1) is 13.7. The van der Waals surface area contributed by atoms with E-state index in [1.165, 1.54) is 0 Å². The number of benzene rings is 1. The summed E-state index contributed by atoms with van der Waals surface area (Å²) in [5, 5.41) is 16.4. The highest BCUT2D eigenvalue weighted by atomic mass is 19.4. The fraction of sp³-hybridized carbons (Fsp3) is 0.368. The maximum absolute atomic E-state index is 13.1. The number of carboxylic acid groups (broad SMARTS) is 1. The Morgan fingerprint density at radius 2 is 2.03 bits per heavy atom. The van der Waals surface area contributed by atoms with E-state index in [-0.39, 0.29) is 24.6 Å². The molecule has 1 fully saturated rings. The molecule has 0 saturated heterocycles. The number of aryl methyl sites for hydroxylation is 2. The van der Waals surface area contributed by atoms with Gasteiger partial charge in [0.05, 0.1) is 18.4 Å². The molecule has 1 aromatic carbocycles. The molecule has 4 rings (SSSR count). The molecule has 1 aliphatic carbocycles. The number of carbonyl (C=O) groups is 1. The van der Waals surface area contributed by atoms with Crippen LogP contribution in [0.15, 0.2) is 34.9 Å². The number of aliphatic carboxylic acids is 1. The first-order valence-corrected chi connectivity index (χ1v) is 8.98. The van der Waals surface area contributed by atoms with E-state index in [1.54, 1.807) is 0 Å². The topological polar surface area (TPSA) is 94.0 Å². The zero-order chi connectivity index (χ0) is 20.8. The van der Waals surface area contributed by atoms with Gasteiger partial charge in [-0.15, -0.1) is 0 Å². The van der Waals surface area contributed by atoms with Crippen molar-refractivity contribution in [1.29, 1.82) is 0 Å². The van der Waals surface area contributed by atoms with Gasteiger partial charge in [0.2, 0.25) is 0 Å². The third kappa shape index (κ3) is 3.50. The van der Waals surface area contributed by atoms with Crippen molar-refractivity contribution in [3.05, 3.63) is 53.0 Å². The Bertz CT molecular complexity index is 1070. The van der Waals surface area contributed by atoms with Crippen LogP contribution in [0.25, 0.3) is 11.6 Å². The van der Waals surface area contributed by atoms with Gasteiger partial charge in [0.15, 0.2) is 11.5 Å². The summed E-state index contributed by atoms with van der Waals surface area (Å²) in [5.74, 6) is -0.864. The van der Waals surface area contributed by atoms with Gasteiger partial charge in [0.25, 0.3) is 5.89 Å². The second kappa shape index (κ2) is 6.71. The molecular formula is C19H17F3N4O3. The average molecular weight is 406 g/mol. The Hall–Kier alpha value is -3.17. The van der Waals surface area contributed by atoms with Gasteiger partial charge >= 0.3 is 12.1 Å². The Labute approximate surface area is 163 Å². The monoisotopic (exact) mass is 406 g/mol. The van der Waals surface area contributed by atoms with Crippen LogP contribution in [-0.2, 0) is 22.9 Å². The van der Waals surface area contributed by atoms with Crippen LogP contribution in [0.1, 0.15) is 41.9 Å². The first-order valence-electron chi connectivity index (χ1n) is 8.98. The molecule has 0 bridgehead atoms. The molecule has 7 nitrogen and oxygen atoms in total. The molecule has 152 valence electrons. The molecule has 2 aromatic heterocycles. The number of hydrogen-bond donors (Lipinski definition) is 1. The molecule has 2 heterocycles. The Morgan fingerprint density at radius 1 is 1.31 bits per heavy atom. The molecule has 0 spiro atoms. The summed E-state index contributed by atoms with van der Waals surface area (Å²) in [6, 6.07) is 8.60. The fourth-order valence-electron chi connectivity index (χ4n) is 3.47. The van der Waals surface area contributed by atoms with Gasteiger partial charge in [0, 0.05) is 6.07 Å². The molecule has 0 atom stereocenters. The number of aromatic nitrogens is 4. The molecule has 10 heteroatoms. The third-order valence-electron chi connectivity index (χ3n) is 5.09. The van der Waals surface area contributed by atoms with E-state index in [0.29, 0.717) is 5.82 Å². The van der Waals surface area contributed by atoms with Crippen LogP contribution in [-0.4, -0.2) is 31.0 Å².